The number of nitrogens with one attached hydrogen (secondary N) is 2. The van der Waals surface area contributed by atoms with E-state index in [-0.39, 0.29) is 18.1 Å². The number of hydrogen-bond acceptors (Lipinski definition) is 3. The predicted octanol–water partition coefficient (Wildman–Crippen LogP) is 0.0140. The van der Waals surface area contributed by atoms with Crippen LogP contribution in [0.3, 0.4) is 0 Å². The summed E-state index contributed by atoms with van der Waals surface area (Å²) in [6, 6.07) is 0.242. The summed E-state index contributed by atoms with van der Waals surface area (Å²) in [5, 5.41) is 15.2. The molecule has 1 amide bonds. The molecule has 0 unspecified atom stereocenters. The third-order valence-electron chi connectivity index (χ3n) is 2.82. The molecule has 1 saturated carbocycles. The molecular formula is C10H20N2O2. The SMILES string of the molecule is CNC(=O)[C@@H](C)NC1CCC(O)CC1. The normalized spacial score (nSPS) is 29.6. The molecule has 3 N–H and O–H groups in total. The zero-order valence-corrected chi connectivity index (χ0v) is 8.92. The van der Waals surface area contributed by atoms with Gasteiger partial charge in [0.25, 0.3) is 0 Å². The quantitative estimate of drug-likeness (QED) is 0.601. The van der Waals surface area contributed by atoms with Crippen LogP contribution in [0.4, 0.5) is 0 Å². The molecule has 0 bridgehead atoms. The molecule has 0 saturated heterocycles. The fraction of sp³-hybridized carbons (Fsp3) is 0.900. The van der Waals surface area contributed by atoms with Crippen molar-refractivity contribution >= 4 is 5.91 Å². The molecule has 1 aliphatic rings. The Balaban J connectivity index is 2.27. The maximum Gasteiger partial charge on any atom is 0.236 e. The first-order valence-electron chi connectivity index (χ1n) is 5.29. The summed E-state index contributed by atoms with van der Waals surface area (Å²) in [5.41, 5.74) is 0. The molecule has 0 aliphatic heterocycles. The van der Waals surface area contributed by atoms with Crippen molar-refractivity contribution in [3.63, 3.8) is 0 Å². The highest BCUT2D eigenvalue weighted by Gasteiger charge is 2.22. The number of aliphatic hydroxyl groups is 1. The Kier molecular flexibility index (Phi) is 4.35. The minimum Gasteiger partial charge on any atom is -0.393 e. The number of amides is 1. The molecule has 0 heterocycles. The Morgan fingerprint density at radius 1 is 1.36 bits per heavy atom. The topological polar surface area (TPSA) is 61.4 Å². The lowest BCUT2D eigenvalue weighted by molar-refractivity contribution is -0.122. The zero-order chi connectivity index (χ0) is 10.6. The van der Waals surface area contributed by atoms with Gasteiger partial charge in [-0.3, -0.25) is 4.79 Å². The van der Waals surface area contributed by atoms with Crippen LogP contribution in [-0.2, 0) is 4.79 Å². The maximum absolute atomic E-state index is 11.2. The third kappa shape index (κ3) is 3.27. The van der Waals surface area contributed by atoms with Gasteiger partial charge in [-0.15, -0.1) is 0 Å². The molecule has 0 aromatic carbocycles. The summed E-state index contributed by atoms with van der Waals surface area (Å²) >= 11 is 0. The number of carbonyl (C=O) groups is 1. The number of rotatable bonds is 3. The second-order valence-electron chi connectivity index (χ2n) is 4.01. The number of hydrogen-bond donors (Lipinski definition) is 3. The van der Waals surface area contributed by atoms with Crippen molar-refractivity contribution in [3.05, 3.63) is 0 Å². The van der Waals surface area contributed by atoms with Gasteiger partial charge < -0.3 is 15.7 Å². The van der Waals surface area contributed by atoms with E-state index in [4.69, 9.17) is 0 Å². The van der Waals surface area contributed by atoms with E-state index in [1.54, 1.807) is 7.05 Å². The lowest BCUT2D eigenvalue weighted by Gasteiger charge is -2.28. The molecule has 1 atom stereocenters. The Bertz CT molecular complexity index is 189. The molecule has 82 valence electrons. The lowest BCUT2D eigenvalue weighted by atomic mass is 9.92. The maximum atomic E-state index is 11.2. The first-order chi connectivity index (χ1) is 6.63. The molecule has 1 aliphatic carbocycles. The smallest absolute Gasteiger partial charge is 0.236 e. The molecule has 4 nitrogen and oxygen atoms in total. The minimum atomic E-state index is -0.139. The van der Waals surface area contributed by atoms with Crippen LogP contribution in [0.15, 0.2) is 0 Å². The van der Waals surface area contributed by atoms with Gasteiger partial charge in [0.05, 0.1) is 12.1 Å². The van der Waals surface area contributed by atoms with Crippen molar-refractivity contribution < 1.29 is 9.90 Å². The van der Waals surface area contributed by atoms with E-state index in [0.717, 1.165) is 25.7 Å². The summed E-state index contributed by atoms with van der Waals surface area (Å²) in [7, 11) is 1.64. The van der Waals surface area contributed by atoms with Crippen LogP contribution in [0.25, 0.3) is 0 Å². The van der Waals surface area contributed by atoms with Crippen LogP contribution >= 0.6 is 0 Å². The molecule has 0 spiro atoms. The number of likely N-dealkylation sites (N-methyl/N-ethyl adjacent to an activating group) is 1. The molecule has 0 aromatic rings. The molecular weight excluding hydrogens is 180 g/mol. The molecule has 0 aromatic heterocycles. The van der Waals surface area contributed by atoms with Gasteiger partial charge in [-0.1, -0.05) is 0 Å². The van der Waals surface area contributed by atoms with Gasteiger partial charge in [0, 0.05) is 13.1 Å². The minimum absolute atomic E-state index is 0.0242. The zero-order valence-electron chi connectivity index (χ0n) is 8.92. The molecule has 0 radical (unpaired) electrons. The van der Waals surface area contributed by atoms with Crippen molar-refractivity contribution in [1.82, 2.24) is 10.6 Å². The standard InChI is InChI=1S/C10H20N2O2/c1-7(10(14)11-2)12-8-3-5-9(13)6-4-8/h7-9,12-13H,3-6H2,1-2H3,(H,11,14)/t7-,8?,9?/m1/s1. The van der Waals surface area contributed by atoms with Crippen molar-refractivity contribution in [1.29, 1.82) is 0 Å². The summed E-state index contributed by atoms with van der Waals surface area (Å²) in [5.74, 6) is 0.0242. The van der Waals surface area contributed by atoms with E-state index in [1.807, 2.05) is 6.92 Å². The van der Waals surface area contributed by atoms with E-state index in [9.17, 15) is 9.90 Å². The van der Waals surface area contributed by atoms with Gasteiger partial charge in [-0.05, 0) is 32.6 Å². The van der Waals surface area contributed by atoms with Gasteiger partial charge in [-0.2, -0.15) is 0 Å². The molecule has 1 fully saturated rings. The van der Waals surface area contributed by atoms with E-state index in [1.165, 1.54) is 0 Å². The second-order valence-corrected chi connectivity index (χ2v) is 4.01. The second kappa shape index (κ2) is 5.32. The summed E-state index contributed by atoms with van der Waals surface area (Å²) < 4.78 is 0. The highest BCUT2D eigenvalue weighted by atomic mass is 16.3. The van der Waals surface area contributed by atoms with Gasteiger partial charge in [-0.25, -0.2) is 0 Å². The Morgan fingerprint density at radius 3 is 2.43 bits per heavy atom. The van der Waals surface area contributed by atoms with E-state index < -0.39 is 0 Å². The van der Waals surface area contributed by atoms with E-state index in [0.29, 0.717) is 6.04 Å². The van der Waals surface area contributed by atoms with Crippen molar-refractivity contribution in [2.75, 3.05) is 7.05 Å². The van der Waals surface area contributed by atoms with E-state index in [2.05, 4.69) is 10.6 Å². The first-order valence-corrected chi connectivity index (χ1v) is 5.29. The Hall–Kier alpha value is -0.610. The fourth-order valence-electron chi connectivity index (χ4n) is 1.89. The highest BCUT2D eigenvalue weighted by molar-refractivity contribution is 5.80. The van der Waals surface area contributed by atoms with Gasteiger partial charge >= 0.3 is 0 Å². The highest BCUT2D eigenvalue weighted by Crippen LogP contribution is 2.18. The van der Waals surface area contributed by atoms with Gasteiger partial charge in [0.15, 0.2) is 0 Å². The van der Waals surface area contributed by atoms with Crippen LogP contribution in [0.1, 0.15) is 32.6 Å². The average Bonchev–Trinajstić information content (AvgIpc) is 2.20. The molecule has 1 rings (SSSR count). The van der Waals surface area contributed by atoms with Crippen LogP contribution in [-0.4, -0.2) is 36.2 Å². The van der Waals surface area contributed by atoms with Crippen molar-refractivity contribution in [3.8, 4) is 0 Å². The Labute approximate surface area is 85.1 Å². The number of carbonyl (C=O) groups excluding carboxylic acids is 1. The fourth-order valence-corrected chi connectivity index (χ4v) is 1.89. The van der Waals surface area contributed by atoms with Crippen molar-refractivity contribution in [2.45, 2.75) is 50.8 Å². The number of aliphatic hydroxyl groups excluding tert-OH is 1. The largest absolute Gasteiger partial charge is 0.393 e. The molecule has 14 heavy (non-hydrogen) atoms. The first kappa shape index (κ1) is 11.5. The average molecular weight is 200 g/mol. The predicted molar refractivity (Wildman–Crippen MR) is 54.9 cm³/mol. The van der Waals surface area contributed by atoms with Gasteiger partial charge in [0.2, 0.25) is 5.91 Å². The monoisotopic (exact) mass is 200 g/mol. The summed E-state index contributed by atoms with van der Waals surface area (Å²) in [4.78, 5) is 11.2. The van der Waals surface area contributed by atoms with Crippen molar-refractivity contribution in [2.24, 2.45) is 0 Å². The summed E-state index contributed by atoms with van der Waals surface area (Å²) in [6.45, 7) is 1.86. The third-order valence-corrected chi connectivity index (χ3v) is 2.82. The van der Waals surface area contributed by atoms with Crippen LogP contribution in [0, 0.1) is 0 Å². The van der Waals surface area contributed by atoms with E-state index >= 15 is 0 Å². The van der Waals surface area contributed by atoms with Crippen LogP contribution in [0.5, 0.6) is 0 Å². The van der Waals surface area contributed by atoms with Crippen LogP contribution < -0.4 is 10.6 Å². The summed E-state index contributed by atoms with van der Waals surface area (Å²) in [6.07, 6.45) is 3.48. The lowest BCUT2D eigenvalue weighted by Crippen LogP contribution is -2.47. The van der Waals surface area contributed by atoms with Crippen LogP contribution in [0.2, 0.25) is 0 Å². The van der Waals surface area contributed by atoms with Gasteiger partial charge in [0.1, 0.15) is 0 Å². The molecule has 4 heteroatoms. The Morgan fingerprint density at radius 2 is 1.93 bits per heavy atom.